The van der Waals surface area contributed by atoms with E-state index in [1.54, 1.807) is 12.6 Å². The molecule has 2 aromatic heterocycles. The van der Waals surface area contributed by atoms with Gasteiger partial charge in [0.2, 0.25) is 0 Å². The van der Waals surface area contributed by atoms with Gasteiger partial charge in [-0.05, 0) is 25.0 Å². The van der Waals surface area contributed by atoms with E-state index in [0.717, 1.165) is 18.7 Å². The fourth-order valence-corrected chi connectivity index (χ4v) is 3.35. The van der Waals surface area contributed by atoms with Crippen molar-refractivity contribution in [3.63, 3.8) is 0 Å². The lowest BCUT2D eigenvalue weighted by molar-refractivity contribution is 0.153. The molecule has 0 aromatic carbocycles. The van der Waals surface area contributed by atoms with Crippen LogP contribution in [-0.4, -0.2) is 20.9 Å². The Morgan fingerprint density at radius 2 is 2.39 bits per heavy atom. The molecule has 4 rings (SSSR count). The van der Waals surface area contributed by atoms with E-state index in [1.165, 1.54) is 24.1 Å². The predicted molar refractivity (Wildman–Crippen MR) is 65.8 cm³/mol. The average Bonchev–Trinajstić information content (AvgIpc) is 2.99. The number of hydrogen-bond donors (Lipinski definition) is 0. The lowest BCUT2D eigenvalue weighted by Crippen LogP contribution is -2.37. The molecule has 2 aliphatic heterocycles. The fraction of sp³-hybridized carbons (Fsp3) is 0.429. The lowest BCUT2D eigenvalue weighted by Gasteiger charge is -2.34. The van der Waals surface area contributed by atoms with Crippen LogP contribution in [0.3, 0.4) is 0 Å². The van der Waals surface area contributed by atoms with Crippen molar-refractivity contribution < 1.29 is 4.42 Å². The summed E-state index contributed by atoms with van der Waals surface area (Å²) in [6.45, 7) is 0.899. The van der Waals surface area contributed by atoms with Gasteiger partial charge in [-0.1, -0.05) is 0 Å². The number of rotatable bonds is 2. The molecule has 2 atom stereocenters. The van der Waals surface area contributed by atoms with E-state index in [-0.39, 0.29) is 0 Å². The Labute approximate surface area is 106 Å². The van der Waals surface area contributed by atoms with Crippen LogP contribution in [0, 0.1) is 0 Å². The Hall–Kier alpha value is -1.68. The van der Waals surface area contributed by atoms with E-state index < -0.39 is 0 Å². The summed E-state index contributed by atoms with van der Waals surface area (Å²) < 4.78 is 5.48. The summed E-state index contributed by atoms with van der Waals surface area (Å²) in [5.41, 5.74) is 2.56. The number of aromatic nitrogens is 2. The van der Waals surface area contributed by atoms with Gasteiger partial charge in [0.05, 0.1) is 18.5 Å². The van der Waals surface area contributed by atoms with Gasteiger partial charge in [0.1, 0.15) is 12.1 Å². The lowest BCUT2D eigenvalue weighted by atomic mass is 9.99. The maximum Gasteiger partial charge on any atom is 0.117 e. The van der Waals surface area contributed by atoms with E-state index in [9.17, 15) is 0 Å². The molecule has 2 unspecified atom stereocenters. The summed E-state index contributed by atoms with van der Waals surface area (Å²) in [6.07, 6.45) is 8.92. The highest BCUT2D eigenvalue weighted by Gasteiger charge is 2.40. The van der Waals surface area contributed by atoms with Crippen LogP contribution < -0.4 is 0 Å². The molecule has 0 N–H and O–H groups in total. The molecular formula is C14H15N3O. The second kappa shape index (κ2) is 3.92. The molecule has 18 heavy (non-hydrogen) atoms. The van der Waals surface area contributed by atoms with Crippen molar-refractivity contribution in [1.82, 2.24) is 14.9 Å². The van der Waals surface area contributed by atoms with E-state index in [0.29, 0.717) is 12.1 Å². The molecule has 0 saturated carbocycles. The standard InChI is InChI=1S/C14H15N3O/c1-2-11(18-5-1)8-17-10-3-4-14(17)12-7-15-9-16-13(12)6-10/h1-2,5,7,9-10,14H,3-4,6,8H2. The van der Waals surface area contributed by atoms with Crippen LogP contribution in [0.2, 0.25) is 0 Å². The van der Waals surface area contributed by atoms with Crippen LogP contribution in [0.5, 0.6) is 0 Å². The molecule has 0 amide bonds. The van der Waals surface area contributed by atoms with Crippen LogP contribution >= 0.6 is 0 Å². The van der Waals surface area contributed by atoms with Crippen LogP contribution in [0.4, 0.5) is 0 Å². The Balaban J connectivity index is 1.67. The van der Waals surface area contributed by atoms with Gasteiger partial charge in [-0.2, -0.15) is 0 Å². The monoisotopic (exact) mass is 241 g/mol. The number of hydrogen-bond acceptors (Lipinski definition) is 4. The Bertz CT molecular complexity index is 552. The van der Waals surface area contributed by atoms with E-state index in [2.05, 4.69) is 20.9 Å². The molecule has 2 bridgehead atoms. The Morgan fingerprint density at radius 3 is 3.28 bits per heavy atom. The van der Waals surface area contributed by atoms with Gasteiger partial charge in [0, 0.05) is 30.3 Å². The first-order chi connectivity index (χ1) is 8.92. The minimum absolute atomic E-state index is 0.477. The minimum Gasteiger partial charge on any atom is -0.468 e. The highest BCUT2D eigenvalue weighted by Crippen LogP contribution is 2.43. The van der Waals surface area contributed by atoms with Crippen molar-refractivity contribution in [3.05, 3.63) is 47.9 Å². The summed E-state index contributed by atoms with van der Waals surface area (Å²) in [5.74, 6) is 1.05. The summed E-state index contributed by atoms with van der Waals surface area (Å²) >= 11 is 0. The van der Waals surface area contributed by atoms with Crippen molar-refractivity contribution >= 4 is 0 Å². The highest BCUT2D eigenvalue weighted by atomic mass is 16.3. The quantitative estimate of drug-likeness (QED) is 0.809. The predicted octanol–water partition coefficient (Wildman–Crippen LogP) is 2.33. The number of furan rings is 1. The van der Waals surface area contributed by atoms with E-state index >= 15 is 0 Å². The molecule has 1 saturated heterocycles. The molecule has 0 spiro atoms. The van der Waals surface area contributed by atoms with Crippen molar-refractivity contribution in [1.29, 1.82) is 0 Å². The first kappa shape index (κ1) is 10.3. The van der Waals surface area contributed by atoms with Gasteiger partial charge >= 0.3 is 0 Å². The summed E-state index contributed by atoms with van der Waals surface area (Å²) in [4.78, 5) is 11.2. The molecule has 4 heterocycles. The first-order valence-electron chi connectivity index (χ1n) is 6.49. The van der Waals surface area contributed by atoms with Crippen LogP contribution in [-0.2, 0) is 13.0 Å². The SMILES string of the molecule is c1coc(CN2C3CCC2c2cncnc2C3)c1. The summed E-state index contributed by atoms with van der Waals surface area (Å²) in [7, 11) is 0. The second-order valence-corrected chi connectivity index (χ2v) is 5.13. The zero-order valence-electron chi connectivity index (χ0n) is 10.1. The molecule has 1 fully saturated rings. The van der Waals surface area contributed by atoms with Gasteiger partial charge in [0.25, 0.3) is 0 Å². The minimum atomic E-state index is 0.477. The molecule has 4 nitrogen and oxygen atoms in total. The van der Waals surface area contributed by atoms with Gasteiger partial charge < -0.3 is 4.42 Å². The van der Waals surface area contributed by atoms with Crippen LogP contribution in [0.15, 0.2) is 35.3 Å². The van der Waals surface area contributed by atoms with E-state index in [1.807, 2.05) is 12.3 Å². The highest BCUT2D eigenvalue weighted by molar-refractivity contribution is 5.27. The zero-order valence-corrected chi connectivity index (χ0v) is 10.1. The first-order valence-corrected chi connectivity index (χ1v) is 6.49. The molecule has 0 radical (unpaired) electrons. The third-order valence-corrected chi connectivity index (χ3v) is 4.18. The summed E-state index contributed by atoms with van der Waals surface area (Å²) in [6, 6.07) is 5.10. The second-order valence-electron chi connectivity index (χ2n) is 5.13. The van der Waals surface area contributed by atoms with Gasteiger partial charge in [0.15, 0.2) is 0 Å². The molecule has 0 aliphatic carbocycles. The Morgan fingerprint density at radius 1 is 1.39 bits per heavy atom. The van der Waals surface area contributed by atoms with Crippen LogP contribution in [0.1, 0.15) is 35.9 Å². The summed E-state index contributed by atoms with van der Waals surface area (Å²) in [5, 5.41) is 0. The van der Waals surface area contributed by atoms with Crippen molar-refractivity contribution in [3.8, 4) is 0 Å². The topological polar surface area (TPSA) is 42.2 Å². The number of nitrogens with zero attached hydrogens (tertiary/aromatic N) is 3. The molecule has 4 heteroatoms. The largest absolute Gasteiger partial charge is 0.468 e. The van der Waals surface area contributed by atoms with Crippen LogP contribution in [0.25, 0.3) is 0 Å². The third kappa shape index (κ3) is 1.49. The molecular weight excluding hydrogens is 226 g/mol. The third-order valence-electron chi connectivity index (χ3n) is 4.18. The molecule has 92 valence electrons. The van der Waals surface area contributed by atoms with Gasteiger partial charge in [-0.3, -0.25) is 4.90 Å². The zero-order chi connectivity index (χ0) is 11.9. The van der Waals surface area contributed by atoms with E-state index in [4.69, 9.17) is 4.42 Å². The maximum atomic E-state index is 5.48. The van der Waals surface area contributed by atoms with Crippen molar-refractivity contribution in [2.75, 3.05) is 0 Å². The smallest absolute Gasteiger partial charge is 0.117 e. The van der Waals surface area contributed by atoms with Crippen molar-refractivity contribution in [2.45, 2.75) is 37.9 Å². The van der Waals surface area contributed by atoms with Crippen molar-refractivity contribution in [2.24, 2.45) is 0 Å². The average molecular weight is 241 g/mol. The fourth-order valence-electron chi connectivity index (χ4n) is 3.35. The maximum absolute atomic E-state index is 5.48. The number of fused-ring (bicyclic) bond motifs is 4. The van der Waals surface area contributed by atoms with Gasteiger partial charge in [-0.15, -0.1) is 0 Å². The normalized spacial score (nSPS) is 26.2. The molecule has 2 aliphatic rings. The Kier molecular flexibility index (Phi) is 2.23. The van der Waals surface area contributed by atoms with Gasteiger partial charge in [-0.25, -0.2) is 9.97 Å². The molecule has 2 aromatic rings.